The Balaban J connectivity index is 0.000000531. The molecule has 0 fully saturated rings. The summed E-state index contributed by atoms with van der Waals surface area (Å²) in [5.74, 6) is 3.01. The molecule has 9 rings (SSSR count). The summed E-state index contributed by atoms with van der Waals surface area (Å²) in [6.45, 7) is -0.475. The van der Waals surface area contributed by atoms with E-state index < -0.39 is 27.6 Å². The van der Waals surface area contributed by atoms with Crippen LogP contribution >= 0.6 is 58.2 Å². The molecule has 0 amide bonds. The maximum atomic E-state index is 17.4. The monoisotopic (exact) mass is 908 g/mol. The van der Waals surface area contributed by atoms with Crippen molar-refractivity contribution < 1.29 is 32.1 Å². The van der Waals surface area contributed by atoms with Crippen LogP contribution < -0.4 is 14.2 Å². The second kappa shape index (κ2) is 19.3. The van der Waals surface area contributed by atoms with Crippen molar-refractivity contribution >= 4 is 76.1 Å². The number of hydrogen-bond donors (Lipinski definition) is 0. The van der Waals surface area contributed by atoms with Gasteiger partial charge in [-0.3, -0.25) is 0 Å². The summed E-state index contributed by atoms with van der Waals surface area (Å²) in [7, 11) is -6.68. The first kappa shape index (κ1) is 38.8. The van der Waals surface area contributed by atoms with Crippen LogP contribution in [0.15, 0.2) is 164 Å². The van der Waals surface area contributed by atoms with Crippen LogP contribution in [0.4, 0.5) is 8.59 Å². The number of benzene rings is 6. The third kappa shape index (κ3) is 9.33. The minimum atomic E-state index is -5.42. The quantitative estimate of drug-likeness (QED) is 0.0891. The zero-order valence-corrected chi connectivity index (χ0v) is 36.4. The second-order valence-corrected chi connectivity index (χ2v) is 21.7. The molecule has 60 heavy (non-hydrogen) atoms. The van der Waals surface area contributed by atoms with E-state index in [1.807, 2.05) is 164 Å². The fourth-order valence-corrected chi connectivity index (χ4v) is 9.71. The summed E-state index contributed by atoms with van der Waals surface area (Å²) in [5, 5.41) is 0. The molecule has 3 heterocycles. The van der Waals surface area contributed by atoms with E-state index in [2.05, 4.69) is 4.37 Å². The topological polar surface area (TPSA) is 87.6 Å². The molecule has 0 N–H and O–H groups in total. The van der Waals surface area contributed by atoms with Gasteiger partial charge in [-0.2, -0.15) is 8.75 Å². The molecule has 16 heteroatoms. The number of ether oxygens (including phenoxy) is 3. The Hall–Kier alpha value is -5.38. The first-order chi connectivity index (χ1) is 30.0. The molecule has 9 aromatic rings. The Labute approximate surface area is 363 Å². The summed E-state index contributed by atoms with van der Waals surface area (Å²) in [6, 6.07) is 52.3. The fourth-order valence-electron chi connectivity index (χ4n) is 6.14. The predicted molar refractivity (Wildman–Crippen MR) is 249 cm³/mol. The van der Waals surface area contributed by atoms with Crippen molar-refractivity contribution in [2.24, 2.45) is 0 Å². The molecule has 0 aliphatic rings. The number of para-hydroxylation sites is 5. The zero-order valence-electron chi connectivity index (χ0n) is 33.1. The summed E-state index contributed by atoms with van der Waals surface area (Å²) in [5.41, 5.74) is 3.77. The van der Waals surface area contributed by atoms with Crippen molar-refractivity contribution in [1.29, 1.82) is 2.56 Å². The Bertz CT molecular complexity index is 3050. The molecule has 3 aromatic heterocycles. The van der Waals surface area contributed by atoms with Gasteiger partial charge in [-0.15, -0.1) is 22.7 Å². The van der Waals surface area contributed by atoms with Crippen LogP contribution in [0.5, 0.6) is 34.5 Å². The number of halogens is 2. The Kier molecular flexibility index (Phi) is 12.5. The number of fused-ring (bicyclic) bond motifs is 1. The van der Waals surface area contributed by atoms with Crippen molar-refractivity contribution in [3.8, 4) is 76.3 Å². The van der Waals surface area contributed by atoms with Gasteiger partial charge in [-0.25, -0.2) is 4.39 Å². The van der Waals surface area contributed by atoms with Crippen molar-refractivity contribution in [3.63, 3.8) is 0 Å². The first-order valence-electron chi connectivity index (χ1n) is 18.9. The third-order valence-corrected chi connectivity index (χ3v) is 15.5. The van der Waals surface area contributed by atoms with Gasteiger partial charge in [-0.1, -0.05) is 78.9 Å². The maximum absolute atomic E-state index is 17.4. The van der Waals surface area contributed by atoms with E-state index in [9.17, 15) is 13.5 Å². The number of aromatic nitrogens is 2. The van der Waals surface area contributed by atoms with Gasteiger partial charge in [0.25, 0.3) is 0 Å². The summed E-state index contributed by atoms with van der Waals surface area (Å²) < 4.78 is 91.0. The molecule has 0 saturated heterocycles. The average Bonchev–Trinajstić information content (AvgIpc) is 4.09. The Morgan fingerprint density at radius 3 is 1.47 bits per heavy atom. The molecule has 6 aromatic carbocycles. The molecule has 0 radical (unpaired) electrons. The fraction of sp³-hybridized carbons (Fsp3) is 0. The standard InChI is InChI=1S/C44H27FN2O3S3.BFH4O2P3/c45-41-39(37-26-24-35(51-37)31-20-10-12-22-33(31)48-28-14-4-1-5-15-28)42-43(47-53-46-42)40(44(41)50-30-18-8-3-9-19-30)38-27-25-36(52-38)32-21-11-13-23-34(32)49-29-16-6-2-7-17-29;2-6(1-3)7(4)5/h1-27H;5-6H2/q;+1/i;6TD. The van der Waals surface area contributed by atoms with Crippen LogP contribution in [0.1, 0.15) is 0 Å². The van der Waals surface area contributed by atoms with Gasteiger partial charge in [0.2, 0.25) is 0 Å². The third-order valence-electron chi connectivity index (χ3n) is 8.80. The summed E-state index contributed by atoms with van der Waals surface area (Å²) in [4.78, 5) is 3.38. The van der Waals surface area contributed by atoms with Crippen molar-refractivity contribution in [1.82, 2.24) is 8.75 Å². The molecule has 0 aliphatic heterocycles. The summed E-state index contributed by atoms with van der Waals surface area (Å²) >= 11 is 4.04. The van der Waals surface area contributed by atoms with E-state index in [1.165, 1.54) is 31.6 Å². The van der Waals surface area contributed by atoms with Crippen LogP contribution in [0.2, 0.25) is 0 Å². The van der Waals surface area contributed by atoms with E-state index in [0.29, 0.717) is 38.5 Å². The number of rotatable bonds is 12. The predicted octanol–water partition coefficient (Wildman–Crippen LogP) is 15.3. The zero-order chi connectivity index (χ0) is 43.3. The molecule has 2 atom stereocenters. The van der Waals surface area contributed by atoms with Gasteiger partial charge in [0.05, 0.1) is 22.9 Å². The minimum absolute atomic E-state index is 0.0939. The number of hydrogen-bond acceptors (Lipinski definition) is 10. The normalized spacial score (nSPS) is 12.4. The van der Waals surface area contributed by atoms with Gasteiger partial charge in [0.1, 0.15) is 39.8 Å². The molecule has 0 saturated carbocycles. The van der Waals surface area contributed by atoms with Gasteiger partial charge >= 0.3 is 46.7 Å². The first-order valence-corrected chi connectivity index (χ1v) is 25.3. The van der Waals surface area contributed by atoms with Crippen LogP contribution in [0.25, 0.3) is 52.8 Å². The molecular weight excluding hydrogens is 874 g/mol. The van der Waals surface area contributed by atoms with Gasteiger partial charge in [0, 0.05) is 30.6 Å². The van der Waals surface area contributed by atoms with E-state index in [1.54, 1.807) is 0 Å². The Morgan fingerprint density at radius 1 is 0.617 bits per heavy atom. The van der Waals surface area contributed by atoms with Gasteiger partial charge in [0.15, 0.2) is 11.6 Å². The molecule has 0 aliphatic carbocycles. The molecular formula is C44H31BF2N2O5P3S3+. The average molecular weight is 909 g/mol. The number of nitrogens with zero attached hydrogens (tertiary/aromatic N) is 2. The van der Waals surface area contributed by atoms with Crippen LogP contribution in [0.3, 0.4) is 0 Å². The van der Waals surface area contributed by atoms with E-state index in [4.69, 9.17) is 21.1 Å². The van der Waals surface area contributed by atoms with Crippen molar-refractivity contribution in [2.75, 3.05) is 0 Å². The molecule has 2 unspecified atom stereocenters. The van der Waals surface area contributed by atoms with Gasteiger partial charge in [-0.05, 0) is 84.9 Å². The SMILES string of the molecule is Fc1c(Oc2ccccc2)c(-c2ccc(-c3ccccc3Oc3ccccc3)s2)c2nsnc2c1-c1ccc(-c2ccccc2Oc2ccccc2)s1.[2H]P([3H])(F)(B=O)[P+](=O)P. The van der Waals surface area contributed by atoms with Crippen LogP contribution in [0, 0.1) is 5.82 Å². The second-order valence-electron chi connectivity index (χ2n) is 12.6. The van der Waals surface area contributed by atoms with Crippen LogP contribution in [-0.2, 0) is 9.27 Å². The van der Waals surface area contributed by atoms with Crippen molar-refractivity contribution in [2.45, 2.75) is 0 Å². The van der Waals surface area contributed by atoms with Crippen molar-refractivity contribution in [3.05, 3.63) is 170 Å². The summed E-state index contributed by atoms with van der Waals surface area (Å²) in [6.07, 6.45) is 0. The van der Waals surface area contributed by atoms with E-state index in [0.717, 1.165) is 54.7 Å². The van der Waals surface area contributed by atoms with Crippen LogP contribution in [-0.4, -0.2) is 18.2 Å². The molecule has 296 valence electrons. The van der Waals surface area contributed by atoms with E-state index in [-0.39, 0.29) is 5.75 Å². The molecule has 0 spiro atoms. The van der Waals surface area contributed by atoms with E-state index >= 15 is 4.39 Å². The number of thiophene rings is 2. The molecule has 0 bridgehead atoms. The Morgan fingerprint density at radius 2 is 1.02 bits per heavy atom. The molecule has 7 nitrogen and oxygen atoms in total. The van der Waals surface area contributed by atoms with Gasteiger partial charge < -0.3 is 14.2 Å².